The molecule has 1 atom stereocenters. The second-order valence-electron chi connectivity index (χ2n) is 5.10. The molecule has 0 bridgehead atoms. The third-order valence-corrected chi connectivity index (χ3v) is 3.56. The van der Waals surface area contributed by atoms with Gasteiger partial charge in [-0.25, -0.2) is 0 Å². The minimum absolute atomic E-state index is 0.0999. The molecule has 1 unspecified atom stereocenters. The first kappa shape index (κ1) is 12.2. The average Bonchev–Trinajstić information content (AvgIpc) is 2.46. The van der Waals surface area contributed by atoms with E-state index in [4.69, 9.17) is 4.74 Å². The maximum atomic E-state index is 12.5. The molecule has 0 saturated carbocycles. The fourth-order valence-corrected chi connectivity index (χ4v) is 2.56. The van der Waals surface area contributed by atoms with Crippen molar-refractivity contribution in [3.05, 3.63) is 35.4 Å². The van der Waals surface area contributed by atoms with Crippen molar-refractivity contribution in [3.63, 3.8) is 0 Å². The Hall–Kier alpha value is -1.81. The zero-order valence-electron chi connectivity index (χ0n) is 11.1. The van der Waals surface area contributed by atoms with E-state index in [1.807, 2.05) is 35.2 Å². The average molecular weight is 258 g/mol. The van der Waals surface area contributed by atoms with E-state index in [0.29, 0.717) is 12.6 Å². The van der Waals surface area contributed by atoms with Crippen molar-refractivity contribution in [1.82, 2.24) is 10.2 Å². The zero-order chi connectivity index (χ0) is 13.2. The van der Waals surface area contributed by atoms with Gasteiger partial charge in [-0.3, -0.25) is 4.79 Å². The van der Waals surface area contributed by atoms with E-state index >= 15 is 0 Å². The maximum Gasteiger partial charge on any atom is 0.253 e. The van der Waals surface area contributed by atoms with Gasteiger partial charge >= 0.3 is 0 Å². The first-order valence-electron chi connectivity index (χ1n) is 6.69. The van der Waals surface area contributed by atoms with E-state index in [-0.39, 0.29) is 5.91 Å². The normalized spacial score (nSPS) is 22.3. The van der Waals surface area contributed by atoms with E-state index in [1.54, 1.807) is 0 Å². The molecule has 2 aliphatic rings. The molecule has 4 nitrogen and oxygen atoms in total. The van der Waals surface area contributed by atoms with Crippen molar-refractivity contribution in [2.24, 2.45) is 0 Å². The Morgan fingerprint density at radius 3 is 3.11 bits per heavy atom. The number of piperazine rings is 1. The van der Waals surface area contributed by atoms with Crippen LogP contribution in [0.25, 0.3) is 6.08 Å². The van der Waals surface area contributed by atoms with Crippen LogP contribution in [0.4, 0.5) is 0 Å². The van der Waals surface area contributed by atoms with Crippen molar-refractivity contribution >= 4 is 12.0 Å². The number of hydrogen-bond acceptors (Lipinski definition) is 3. The molecule has 1 fully saturated rings. The lowest BCUT2D eigenvalue weighted by atomic mass is 10.1. The van der Waals surface area contributed by atoms with Crippen LogP contribution in [0.3, 0.4) is 0 Å². The van der Waals surface area contributed by atoms with Crippen LogP contribution in [0.15, 0.2) is 29.8 Å². The summed E-state index contributed by atoms with van der Waals surface area (Å²) in [6.45, 7) is 4.85. The topological polar surface area (TPSA) is 41.6 Å². The van der Waals surface area contributed by atoms with Gasteiger partial charge in [0.25, 0.3) is 5.91 Å². The molecule has 1 amide bonds. The number of nitrogens with one attached hydrogen (secondary N) is 1. The highest BCUT2D eigenvalue weighted by Gasteiger charge is 2.25. The smallest absolute Gasteiger partial charge is 0.253 e. The van der Waals surface area contributed by atoms with Crippen molar-refractivity contribution < 1.29 is 9.53 Å². The van der Waals surface area contributed by atoms with Gasteiger partial charge in [0.15, 0.2) is 0 Å². The fourth-order valence-electron chi connectivity index (χ4n) is 2.56. The van der Waals surface area contributed by atoms with Crippen molar-refractivity contribution in [2.75, 3.05) is 26.2 Å². The minimum atomic E-state index is 0.0999. The lowest BCUT2D eigenvalue weighted by Crippen LogP contribution is -2.52. The highest BCUT2D eigenvalue weighted by molar-refractivity contribution is 5.99. The molecule has 4 heteroatoms. The van der Waals surface area contributed by atoms with Crippen LogP contribution in [0.1, 0.15) is 12.5 Å². The molecule has 0 aromatic heterocycles. The molecule has 1 aromatic rings. The van der Waals surface area contributed by atoms with Crippen LogP contribution >= 0.6 is 0 Å². The molecule has 1 N–H and O–H groups in total. The van der Waals surface area contributed by atoms with E-state index in [2.05, 4.69) is 12.2 Å². The Kier molecular flexibility index (Phi) is 3.25. The summed E-state index contributed by atoms with van der Waals surface area (Å²) in [5.74, 6) is 0.954. The summed E-state index contributed by atoms with van der Waals surface area (Å²) in [7, 11) is 0. The van der Waals surface area contributed by atoms with Crippen LogP contribution in [-0.2, 0) is 4.79 Å². The summed E-state index contributed by atoms with van der Waals surface area (Å²) in [4.78, 5) is 14.4. The molecule has 2 heterocycles. The molecule has 19 heavy (non-hydrogen) atoms. The second-order valence-corrected chi connectivity index (χ2v) is 5.10. The van der Waals surface area contributed by atoms with Gasteiger partial charge in [0.05, 0.1) is 5.57 Å². The summed E-state index contributed by atoms with van der Waals surface area (Å²) in [6, 6.07) is 8.16. The number of carbonyl (C=O) groups is 1. The largest absolute Gasteiger partial charge is 0.488 e. The predicted octanol–water partition coefficient (Wildman–Crippen LogP) is 1.28. The second kappa shape index (κ2) is 5.05. The number of rotatable bonds is 1. The van der Waals surface area contributed by atoms with E-state index in [1.165, 1.54) is 0 Å². The van der Waals surface area contributed by atoms with Gasteiger partial charge in [0.1, 0.15) is 12.4 Å². The summed E-state index contributed by atoms with van der Waals surface area (Å²) in [6.07, 6.45) is 1.95. The Labute approximate surface area is 113 Å². The Bertz CT molecular complexity index is 525. The number of fused-ring (bicyclic) bond motifs is 1. The summed E-state index contributed by atoms with van der Waals surface area (Å²) < 4.78 is 5.64. The molecule has 0 spiro atoms. The van der Waals surface area contributed by atoms with Crippen LogP contribution in [0, 0.1) is 0 Å². The summed E-state index contributed by atoms with van der Waals surface area (Å²) in [5, 5.41) is 3.34. The van der Waals surface area contributed by atoms with Gasteiger partial charge in [-0.15, -0.1) is 0 Å². The number of nitrogens with zero attached hydrogens (tertiary/aromatic N) is 1. The van der Waals surface area contributed by atoms with Gasteiger partial charge in [-0.1, -0.05) is 18.2 Å². The first-order chi connectivity index (χ1) is 9.24. The van der Waals surface area contributed by atoms with Crippen LogP contribution in [0.2, 0.25) is 0 Å². The molecule has 1 aromatic carbocycles. The number of hydrogen-bond donors (Lipinski definition) is 1. The van der Waals surface area contributed by atoms with Crippen LogP contribution in [-0.4, -0.2) is 43.1 Å². The van der Waals surface area contributed by atoms with Crippen molar-refractivity contribution in [2.45, 2.75) is 13.0 Å². The van der Waals surface area contributed by atoms with Gasteiger partial charge in [-0.05, 0) is 19.1 Å². The van der Waals surface area contributed by atoms with Crippen molar-refractivity contribution in [1.29, 1.82) is 0 Å². The highest BCUT2D eigenvalue weighted by atomic mass is 16.5. The number of benzene rings is 1. The third kappa shape index (κ3) is 2.49. The third-order valence-electron chi connectivity index (χ3n) is 3.56. The van der Waals surface area contributed by atoms with E-state index in [0.717, 1.165) is 36.5 Å². The van der Waals surface area contributed by atoms with E-state index < -0.39 is 0 Å². The minimum Gasteiger partial charge on any atom is -0.488 e. The molecule has 2 aliphatic heterocycles. The number of carbonyl (C=O) groups excluding carboxylic acids is 1. The van der Waals surface area contributed by atoms with Gasteiger partial charge in [-0.2, -0.15) is 0 Å². The first-order valence-corrected chi connectivity index (χ1v) is 6.69. The Balaban J connectivity index is 1.80. The molecule has 3 rings (SSSR count). The fraction of sp³-hybridized carbons (Fsp3) is 0.400. The van der Waals surface area contributed by atoms with Crippen LogP contribution in [0.5, 0.6) is 5.75 Å². The lowest BCUT2D eigenvalue weighted by molar-refractivity contribution is -0.128. The molecule has 1 saturated heterocycles. The summed E-state index contributed by atoms with van der Waals surface area (Å²) >= 11 is 0. The summed E-state index contributed by atoms with van der Waals surface area (Å²) in [5.41, 5.74) is 1.73. The van der Waals surface area contributed by atoms with Gasteiger partial charge in [0, 0.05) is 31.2 Å². The molecular weight excluding hydrogens is 240 g/mol. The monoisotopic (exact) mass is 258 g/mol. The van der Waals surface area contributed by atoms with E-state index in [9.17, 15) is 4.79 Å². The Morgan fingerprint density at radius 2 is 2.26 bits per heavy atom. The maximum absolute atomic E-state index is 12.5. The number of ether oxygens (including phenoxy) is 1. The number of amides is 1. The van der Waals surface area contributed by atoms with Gasteiger partial charge in [0.2, 0.25) is 0 Å². The predicted molar refractivity (Wildman–Crippen MR) is 74.0 cm³/mol. The standard InChI is InChI=1S/C15H18N2O2/c1-11-9-17(7-6-16-11)15(18)13-8-12-4-2-3-5-14(12)19-10-13/h2-5,8,11,16H,6-7,9-10H2,1H3. The molecule has 0 radical (unpaired) electrons. The molecular formula is C15H18N2O2. The van der Waals surface area contributed by atoms with Gasteiger partial charge < -0.3 is 15.0 Å². The molecule has 0 aliphatic carbocycles. The SMILES string of the molecule is CC1CN(C(=O)C2=Cc3ccccc3OC2)CCN1. The van der Waals surface area contributed by atoms with Crippen LogP contribution < -0.4 is 10.1 Å². The highest BCUT2D eigenvalue weighted by Crippen LogP contribution is 2.26. The number of para-hydroxylation sites is 1. The lowest BCUT2D eigenvalue weighted by Gasteiger charge is -2.33. The Morgan fingerprint density at radius 1 is 1.42 bits per heavy atom. The zero-order valence-corrected chi connectivity index (χ0v) is 11.1. The molecule has 100 valence electrons. The quantitative estimate of drug-likeness (QED) is 0.825. The van der Waals surface area contributed by atoms with Crippen molar-refractivity contribution in [3.8, 4) is 5.75 Å².